The molecular formula is C17H25N3O3. The number of likely N-dealkylation sites (N-methyl/N-ethyl adjacent to an activating group) is 1. The number of amides is 1. The number of carbonyl (C=O) groups is 1. The Morgan fingerprint density at radius 1 is 1.22 bits per heavy atom. The molecule has 1 aliphatic heterocycles. The van der Waals surface area contributed by atoms with Crippen molar-refractivity contribution in [3.8, 4) is 5.75 Å². The number of hydrogen-bond donors (Lipinski definition) is 0. The lowest BCUT2D eigenvalue weighted by atomic mass is 10.2. The summed E-state index contributed by atoms with van der Waals surface area (Å²) in [5.41, 5.74) is 0.489. The molecule has 0 atom stereocenters. The average Bonchev–Trinajstić information content (AvgIpc) is 2.54. The van der Waals surface area contributed by atoms with Crippen LogP contribution in [0.4, 0.5) is 0 Å². The minimum atomic E-state index is -0.321. The van der Waals surface area contributed by atoms with Gasteiger partial charge in [-0.1, -0.05) is 6.07 Å². The molecule has 1 aromatic rings. The molecule has 0 N–H and O–H groups in total. The lowest BCUT2D eigenvalue weighted by Gasteiger charge is -2.34. The molecule has 2 rings (SSSR count). The normalized spacial score (nSPS) is 16.6. The molecular weight excluding hydrogens is 294 g/mol. The molecule has 1 heterocycles. The van der Waals surface area contributed by atoms with Gasteiger partial charge in [-0.2, -0.15) is 4.99 Å². The fourth-order valence-corrected chi connectivity index (χ4v) is 2.29. The van der Waals surface area contributed by atoms with Gasteiger partial charge in [-0.05, 0) is 39.1 Å². The van der Waals surface area contributed by atoms with E-state index < -0.39 is 0 Å². The Morgan fingerprint density at radius 2 is 1.91 bits per heavy atom. The molecule has 1 aliphatic rings. The number of aliphatic imine (C=N–C) groups is 1. The van der Waals surface area contributed by atoms with E-state index in [2.05, 4.69) is 16.9 Å². The van der Waals surface area contributed by atoms with Crippen LogP contribution in [0.5, 0.6) is 5.75 Å². The van der Waals surface area contributed by atoms with E-state index >= 15 is 0 Å². The average molecular weight is 319 g/mol. The van der Waals surface area contributed by atoms with Gasteiger partial charge >= 0.3 is 0 Å². The number of hydrogen-bond acceptors (Lipinski definition) is 4. The van der Waals surface area contributed by atoms with Crippen LogP contribution in [-0.4, -0.2) is 68.2 Å². The second kappa shape index (κ2) is 7.97. The summed E-state index contributed by atoms with van der Waals surface area (Å²) < 4.78 is 10.9. The van der Waals surface area contributed by atoms with E-state index in [4.69, 9.17) is 9.47 Å². The second-order valence-electron chi connectivity index (χ2n) is 5.89. The summed E-state index contributed by atoms with van der Waals surface area (Å²) in [4.78, 5) is 20.9. The first-order valence-corrected chi connectivity index (χ1v) is 7.87. The maximum absolute atomic E-state index is 12.5. The molecule has 1 saturated heterocycles. The van der Waals surface area contributed by atoms with Crippen molar-refractivity contribution in [2.45, 2.75) is 20.0 Å². The number of piperazine rings is 1. The lowest BCUT2D eigenvalue weighted by molar-refractivity contribution is 0.0979. The predicted molar refractivity (Wildman–Crippen MR) is 90.1 cm³/mol. The van der Waals surface area contributed by atoms with E-state index in [0.29, 0.717) is 17.3 Å². The zero-order valence-corrected chi connectivity index (χ0v) is 14.3. The van der Waals surface area contributed by atoms with Gasteiger partial charge < -0.3 is 19.3 Å². The number of carbonyl (C=O) groups excluding carboxylic acids is 1. The topological polar surface area (TPSA) is 54.4 Å². The molecule has 1 aromatic carbocycles. The van der Waals surface area contributed by atoms with E-state index in [9.17, 15) is 4.79 Å². The molecule has 0 aliphatic carbocycles. The van der Waals surface area contributed by atoms with Crippen LogP contribution in [0.25, 0.3) is 0 Å². The standard InChI is InChI=1S/C17H25N3O3/c1-13(2)23-17(20-10-8-19(3)9-11-20)18-16(21)14-6-5-7-15(12-14)22-4/h5-7,12-13H,8-11H2,1-4H3. The number of amidine groups is 1. The van der Waals surface area contributed by atoms with Crippen molar-refractivity contribution >= 4 is 11.9 Å². The first kappa shape index (κ1) is 17.3. The number of nitrogens with zero attached hydrogens (tertiary/aromatic N) is 3. The molecule has 0 unspecified atom stereocenters. The van der Waals surface area contributed by atoms with Gasteiger partial charge in [0.25, 0.3) is 11.9 Å². The summed E-state index contributed by atoms with van der Waals surface area (Å²) in [6, 6.07) is 7.39. The third-order valence-corrected chi connectivity index (χ3v) is 3.63. The highest BCUT2D eigenvalue weighted by Crippen LogP contribution is 2.14. The maximum atomic E-state index is 12.5. The van der Waals surface area contributed by atoms with Crippen molar-refractivity contribution in [2.24, 2.45) is 4.99 Å². The van der Waals surface area contributed by atoms with Crippen LogP contribution in [0.15, 0.2) is 29.3 Å². The first-order chi connectivity index (χ1) is 11.0. The molecule has 0 spiro atoms. The van der Waals surface area contributed by atoms with E-state index in [-0.39, 0.29) is 12.0 Å². The lowest BCUT2D eigenvalue weighted by Crippen LogP contribution is -2.48. The SMILES string of the molecule is COc1cccc(C(=O)N=C(OC(C)C)N2CCN(C)CC2)c1. The minimum Gasteiger partial charge on any atom is -0.497 e. The van der Waals surface area contributed by atoms with E-state index in [1.54, 1.807) is 31.4 Å². The molecule has 0 saturated carbocycles. The van der Waals surface area contributed by atoms with Gasteiger partial charge in [0.05, 0.1) is 13.2 Å². The van der Waals surface area contributed by atoms with E-state index in [1.165, 1.54) is 0 Å². The molecule has 23 heavy (non-hydrogen) atoms. The Morgan fingerprint density at radius 3 is 2.52 bits per heavy atom. The summed E-state index contributed by atoms with van der Waals surface area (Å²) in [5, 5.41) is 0. The van der Waals surface area contributed by atoms with Crippen LogP contribution in [-0.2, 0) is 4.74 Å². The quantitative estimate of drug-likeness (QED) is 0.629. The Labute approximate surface area is 137 Å². The van der Waals surface area contributed by atoms with E-state index in [0.717, 1.165) is 26.2 Å². The van der Waals surface area contributed by atoms with Gasteiger partial charge in [0.15, 0.2) is 0 Å². The predicted octanol–water partition coefficient (Wildman–Crippen LogP) is 1.86. The van der Waals surface area contributed by atoms with Crippen LogP contribution >= 0.6 is 0 Å². The fourth-order valence-electron chi connectivity index (χ4n) is 2.29. The summed E-state index contributed by atoms with van der Waals surface area (Å²) >= 11 is 0. The Hall–Kier alpha value is -2.08. The molecule has 6 heteroatoms. The Balaban J connectivity index is 2.19. The fraction of sp³-hybridized carbons (Fsp3) is 0.529. The highest BCUT2D eigenvalue weighted by molar-refractivity contribution is 6.01. The number of methoxy groups -OCH3 is 1. The summed E-state index contributed by atoms with van der Waals surface area (Å²) in [7, 11) is 3.66. The molecule has 1 amide bonds. The Bertz CT molecular complexity index is 564. The molecule has 0 radical (unpaired) electrons. The third-order valence-electron chi connectivity index (χ3n) is 3.63. The van der Waals surface area contributed by atoms with Crippen molar-refractivity contribution in [1.29, 1.82) is 0 Å². The second-order valence-corrected chi connectivity index (χ2v) is 5.89. The molecule has 0 bridgehead atoms. The molecule has 6 nitrogen and oxygen atoms in total. The third kappa shape index (κ3) is 4.96. The summed E-state index contributed by atoms with van der Waals surface area (Å²) in [5.74, 6) is 0.315. The Kier molecular flexibility index (Phi) is 5.98. The molecule has 0 aromatic heterocycles. The summed E-state index contributed by atoms with van der Waals surface area (Å²) in [6.07, 6.45) is -0.0356. The van der Waals surface area contributed by atoms with Crippen LogP contribution in [0.2, 0.25) is 0 Å². The molecule has 126 valence electrons. The zero-order chi connectivity index (χ0) is 16.8. The smallest absolute Gasteiger partial charge is 0.295 e. The van der Waals surface area contributed by atoms with Gasteiger partial charge in [0.1, 0.15) is 5.75 Å². The first-order valence-electron chi connectivity index (χ1n) is 7.87. The maximum Gasteiger partial charge on any atom is 0.295 e. The van der Waals surface area contributed by atoms with Crippen molar-refractivity contribution in [3.63, 3.8) is 0 Å². The monoisotopic (exact) mass is 319 g/mol. The number of ether oxygens (including phenoxy) is 2. The molecule has 1 fully saturated rings. The van der Waals surface area contributed by atoms with Crippen LogP contribution in [0.1, 0.15) is 24.2 Å². The number of rotatable bonds is 3. The minimum absolute atomic E-state index is 0.0356. The van der Waals surface area contributed by atoms with Gasteiger partial charge in [-0.3, -0.25) is 4.79 Å². The van der Waals surface area contributed by atoms with E-state index in [1.807, 2.05) is 18.7 Å². The zero-order valence-electron chi connectivity index (χ0n) is 14.3. The van der Waals surface area contributed by atoms with Crippen LogP contribution in [0.3, 0.4) is 0 Å². The van der Waals surface area contributed by atoms with Crippen LogP contribution < -0.4 is 4.74 Å². The largest absolute Gasteiger partial charge is 0.497 e. The van der Waals surface area contributed by atoms with Gasteiger partial charge in [0, 0.05) is 31.7 Å². The summed E-state index contributed by atoms with van der Waals surface area (Å²) in [6.45, 7) is 7.31. The van der Waals surface area contributed by atoms with Crippen molar-refractivity contribution in [1.82, 2.24) is 9.80 Å². The highest BCUT2D eigenvalue weighted by atomic mass is 16.5. The highest BCUT2D eigenvalue weighted by Gasteiger charge is 2.21. The van der Waals surface area contributed by atoms with Gasteiger partial charge in [0.2, 0.25) is 0 Å². The van der Waals surface area contributed by atoms with Crippen LogP contribution in [0, 0.1) is 0 Å². The van der Waals surface area contributed by atoms with Crippen molar-refractivity contribution < 1.29 is 14.3 Å². The van der Waals surface area contributed by atoms with Crippen molar-refractivity contribution in [3.05, 3.63) is 29.8 Å². The van der Waals surface area contributed by atoms with Gasteiger partial charge in [-0.15, -0.1) is 0 Å². The van der Waals surface area contributed by atoms with Crippen molar-refractivity contribution in [2.75, 3.05) is 40.3 Å². The number of benzene rings is 1. The van der Waals surface area contributed by atoms with Gasteiger partial charge in [-0.25, -0.2) is 0 Å².